The SMILES string of the molecule is COc1ccc(N(C(C)C(=O)N2CCN(c3ccccc3OC)CC2)S(C)(=O)=O)cc1. The van der Waals surface area contributed by atoms with E-state index < -0.39 is 16.1 Å². The fourth-order valence-corrected chi connectivity index (χ4v) is 5.02. The predicted octanol–water partition coefficient (Wildman–Crippen LogP) is 2.21. The van der Waals surface area contributed by atoms with Gasteiger partial charge in [0.15, 0.2) is 0 Å². The molecule has 1 heterocycles. The third-order valence-corrected chi connectivity index (χ3v) is 6.65. The van der Waals surface area contributed by atoms with E-state index in [2.05, 4.69) is 4.90 Å². The lowest BCUT2D eigenvalue weighted by Gasteiger charge is -2.39. The van der Waals surface area contributed by atoms with E-state index in [0.29, 0.717) is 37.6 Å². The molecule has 0 aliphatic carbocycles. The molecular weight excluding hydrogens is 418 g/mol. The minimum atomic E-state index is -3.67. The summed E-state index contributed by atoms with van der Waals surface area (Å²) in [6.45, 7) is 3.91. The molecule has 0 aromatic heterocycles. The number of methoxy groups -OCH3 is 2. The first-order valence-corrected chi connectivity index (χ1v) is 11.9. The van der Waals surface area contributed by atoms with Crippen LogP contribution in [0.15, 0.2) is 48.5 Å². The van der Waals surface area contributed by atoms with Crippen LogP contribution in [0.5, 0.6) is 11.5 Å². The first-order valence-electron chi connectivity index (χ1n) is 10.1. The molecule has 31 heavy (non-hydrogen) atoms. The molecule has 1 atom stereocenters. The maximum absolute atomic E-state index is 13.2. The Labute approximate surface area is 184 Å². The molecule has 0 bridgehead atoms. The van der Waals surface area contributed by atoms with Crippen molar-refractivity contribution in [1.82, 2.24) is 4.90 Å². The maximum Gasteiger partial charge on any atom is 0.246 e. The molecular formula is C22H29N3O5S. The molecule has 1 amide bonds. The molecule has 0 N–H and O–H groups in total. The van der Waals surface area contributed by atoms with Gasteiger partial charge >= 0.3 is 0 Å². The lowest BCUT2D eigenvalue weighted by atomic mass is 10.2. The highest BCUT2D eigenvalue weighted by Crippen LogP contribution is 2.29. The van der Waals surface area contributed by atoms with Crippen LogP contribution in [0.3, 0.4) is 0 Å². The number of amides is 1. The second kappa shape index (κ2) is 9.47. The quantitative estimate of drug-likeness (QED) is 0.648. The summed E-state index contributed by atoms with van der Waals surface area (Å²) >= 11 is 0. The van der Waals surface area contributed by atoms with Crippen molar-refractivity contribution < 1.29 is 22.7 Å². The Morgan fingerprint density at radius 1 is 0.968 bits per heavy atom. The summed E-state index contributed by atoms with van der Waals surface area (Å²) in [7, 11) is -0.485. The molecule has 0 saturated carbocycles. The third kappa shape index (κ3) is 5.04. The average Bonchev–Trinajstić information content (AvgIpc) is 2.78. The molecule has 2 aromatic carbocycles. The lowest BCUT2D eigenvalue weighted by molar-refractivity contribution is -0.132. The average molecular weight is 448 g/mol. The van der Waals surface area contributed by atoms with Gasteiger partial charge in [-0.15, -0.1) is 0 Å². The molecule has 1 fully saturated rings. The van der Waals surface area contributed by atoms with E-state index in [0.717, 1.165) is 17.7 Å². The van der Waals surface area contributed by atoms with Crippen molar-refractivity contribution in [3.63, 3.8) is 0 Å². The van der Waals surface area contributed by atoms with Gasteiger partial charge in [0.2, 0.25) is 15.9 Å². The first kappa shape index (κ1) is 22.7. The molecule has 1 unspecified atom stereocenters. The maximum atomic E-state index is 13.2. The minimum Gasteiger partial charge on any atom is -0.497 e. The van der Waals surface area contributed by atoms with Crippen molar-refractivity contribution in [1.29, 1.82) is 0 Å². The third-order valence-electron chi connectivity index (χ3n) is 5.41. The van der Waals surface area contributed by atoms with Crippen molar-refractivity contribution in [2.75, 3.05) is 55.9 Å². The van der Waals surface area contributed by atoms with Crippen molar-refractivity contribution in [2.45, 2.75) is 13.0 Å². The van der Waals surface area contributed by atoms with E-state index in [1.165, 1.54) is 4.31 Å². The Balaban J connectivity index is 1.73. The number of piperazine rings is 1. The highest BCUT2D eigenvalue weighted by molar-refractivity contribution is 7.92. The van der Waals surface area contributed by atoms with Gasteiger partial charge in [-0.3, -0.25) is 9.10 Å². The number of benzene rings is 2. The molecule has 2 aromatic rings. The minimum absolute atomic E-state index is 0.221. The van der Waals surface area contributed by atoms with Crippen LogP contribution in [0.4, 0.5) is 11.4 Å². The number of hydrogen-bond acceptors (Lipinski definition) is 6. The zero-order valence-corrected chi connectivity index (χ0v) is 19.1. The van der Waals surface area contributed by atoms with E-state index in [1.807, 2.05) is 24.3 Å². The molecule has 3 rings (SSSR count). The van der Waals surface area contributed by atoms with E-state index >= 15 is 0 Å². The van der Waals surface area contributed by atoms with Gasteiger partial charge in [0, 0.05) is 26.2 Å². The van der Waals surface area contributed by atoms with Crippen LogP contribution in [0.1, 0.15) is 6.92 Å². The van der Waals surface area contributed by atoms with Crippen molar-refractivity contribution in [3.05, 3.63) is 48.5 Å². The van der Waals surface area contributed by atoms with Crippen LogP contribution in [0.25, 0.3) is 0 Å². The predicted molar refractivity (Wildman–Crippen MR) is 122 cm³/mol. The van der Waals surface area contributed by atoms with E-state index in [1.54, 1.807) is 50.3 Å². The number of sulfonamides is 1. The Hall–Kier alpha value is -2.94. The van der Waals surface area contributed by atoms with Gasteiger partial charge in [-0.2, -0.15) is 0 Å². The van der Waals surface area contributed by atoms with Crippen LogP contribution in [0, 0.1) is 0 Å². The van der Waals surface area contributed by atoms with E-state index in [-0.39, 0.29) is 5.91 Å². The van der Waals surface area contributed by atoms with Crippen LogP contribution in [0.2, 0.25) is 0 Å². The summed E-state index contributed by atoms with van der Waals surface area (Å²) in [6, 6.07) is 13.6. The van der Waals surface area contributed by atoms with E-state index in [9.17, 15) is 13.2 Å². The number of anilines is 2. The van der Waals surface area contributed by atoms with Crippen LogP contribution in [-0.4, -0.2) is 71.9 Å². The Morgan fingerprint density at radius 3 is 2.13 bits per heavy atom. The van der Waals surface area contributed by atoms with Gasteiger partial charge in [-0.1, -0.05) is 12.1 Å². The summed E-state index contributed by atoms with van der Waals surface area (Å²) < 4.78 is 36.8. The van der Waals surface area contributed by atoms with Crippen LogP contribution in [-0.2, 0) is 14.8 Å². The Morgan fingerprint density at radius 2 is 1.58 bits per heavy atom. The second-order valence-electron chi connectivity index (χ2n) is 7.42. The second-order valence-corrected chi connectivity index (χ2v) is 9.28. The topological polar surface area (TPSA) is 79.4 Å². The van der Waals surface area contributed by atoms with Crippen molar-refractivity contribution in [3.8, 4) is 11.5 Å². The van der Waals surface area contributed by atoms with Gasteiger partial charge in [0.05, 0.1) is 31.9 Å². The summed E-state index contributed by atoms with van der Waals surface area (Å²) in [6.07, 6.45) is 1.11. The van der Waals surface area contributed by atoms with Gasteiger partial charge in [-0.05, 0) is 43.3 Å². The summed E-state index contributed by atoms with van der Waals surface area (Å²) in [4.78, 5) is 17.1. The first-order chi connectivity index (χ1) is 14.8. The number of carbonyl (C=O) groups excluding carboxylic acids is 1. The van der Waals surface area contributed by atoms with Gasteiger partial charge < -0.3 is 19.3 Å². The number of rotatable bonds is 7. The summed E-state index contributed by atoms with van der Waals surface area (Å²) in [5.74, 6) is 1.18. The zero-order chi connectivity index (χ0) is 22.6. The molecule has 1 saturated heterocycles. The molecule has 8 nitrogen and oxygen atoms in total. The number of carbonyl (C=O) groups is 1. The fourth-order valence-electron chi connectivity index (χ4n) is 3.85. The van der Waals surface area contributed by atoms with Crippen molar-refractivity contribution in [2.24, 2.45) is 0 Å². The van der Waals surface area contributed by atoms with Gasteiger partial charge in [-0.25, -0.2) is 8.42 Å². The number of nitrogens with zero attached hydrogens (tertiary/aromatic N) is 3. The number of para-hydroxylation sites is 2. The molecule has 0 radical (unpaired) electrons. The summed E-state index contributed by atoms with van der Waals surface area (Å²) in [5.41, 5.74) is 1.41. The zero-order valence-electron chi connectivity index (χ0n) is 18.3. The lowest BCUT2D eigenvalue weighted by Crippen LogP contribution is -2.55. The molecule has 9 heteroatoms. The Bertz CT molecular complexity index is 1000. The standard InChI is InChI=1S/C22H29N3O5S/c1-17(25(31(4,27)28)18-9-11-19(29-2)12-10-18)22(26)24-15-13-23(14-16-24)20-7-5-6-8-21(20)30-3/h5-12,17H,13-16H2,1-4H3. The normalized spacial score (nSPS) is 15.4. The largest absolute Gasteiger partial charge is 0.497 e. The number of ether oxygens (including phenoxy) is 2. The fraction of sp³-hybridized carbons (Fsp3) is 0.409. The summed E-state index contributed by atoms with van der Waals surface area (Å²) in [5, 5.41) is 0. The van der Waals surface area contributed by atoms with Crippen LogP contribution < -0.4 is 18.7 Å². The Kier molecular flexibility index (Phi) is 6.94. The van der Waals surface area contributed by atoms with Crippen molar-refractivity contribution >= 4 is 27.3 Å². The molecule has 1 aliphatic rings. The van der Waals surface area contributed by atoms with Crippen LogP contribution >= 0.6 is 0 Å². The van der Waals surface area contributed by atoms with Gasteiger partial charge in [0.1, 0.15) is 17.5 Å². The monoisotopic (exact) mass is 447 g/mol. The molecule has 1 aliphatic heterocycles. The highest BCUT2D eigenvalue weighted by atomic mass is 32.2. The molecule has 0 spiro atoms. The number of hydrogen-bond donors (Lipinski definition) is 0. The molecule has 168 valence electrons. The van der Waals surface area contributed by atoms with E-state index in [4.69, 9.17) is 9.47 Å². The highest BCUT2D eigenvalue weighted by Gasteiger charge is 2.33. The van der Waals surface area contributed by atoms with Gasteiger partial charge in [0.25, 0.3) is 0 Å². The smallest absolute Gasteiger partial charge is 0.246 e.